The van der Waals surface area contributed by atoms with Crippen molar-refractivity contribution in [3.63, 3.8) is 0 Å². The Morgan fingerprint density at radius 1 is 0.863 bits per heavy atom. The van der Waals surface area contributed by atoms with Gasteiger partial charge in [0, 0.05) is 11.3 Å². The number of hydrogen-bond acceptors (Lipinski definition) is 9. The average molecular weight is 724 g/mol. The Labute approximate surface area is 300 Å². The molecule has 0 aliphatic carbocycles. The number of rotatable bonds is 13. The summed E-state index contributed by atoms with van der Waals surface area (Å²) in [6, 6.07) is 15.5. The maximum Gasteiger partial charge on any atom is 0.329 e. The highest BCUT2D eigenvalue weighted by Gasteiger charge is 2.49. The standard InChI is InChI=1S/C38H43F2N3O7S/c1-37(2,3)19-29(36(48)50-38(4,5)6)43(31(45)20-41)32(46)21-49-28-17-9-24(10-18-28)33-34(35(47)42(33)27-15-13-26(40)14-16-27)51-22-30(44)23-7-11-25(39)12-8-23/h7-18,29,33-34H,19-22,41H2,1-6H3/t29-,33+,34+/m0/s1. The molecule has 0 aromatic heterocycles. The van der Waals surface area contributed by atoms with Crippen LogP contribution in [-0.4, -0.2) is 70.2 Å². The molecule has 2 N–H and O–H groups in total. The summed E-state index contributed by atoms with van der Waals surface area (Å²) in [6.45, 7) is 9.60. The molecule has 3 amide bonds. The fraction of sp³-hybridized carbons (Fsp3) is 0.395. The van der Waals surface area contributed by atoms with Gasteiger partial charge in [-0.1, -0.05) is 32.9 Å². The number of thioether (sulfide) groups is 1. The van der Waals surface area contributed by atoms with Crippen LogP contribution in [-0.2, 0) is 23.9 Å². The van der Waals surface area contributed by atoms with Crippen LogP contribution in [0.2, 0.25) is 0 Å². The van der Waals surface area contributed by atoms with Crippen LogP contribution < -0.4 is 15.4 Å². The molecule has 272 valence electrons. The summed E-state index contributed by atoms with van der Waals surface area (Å²) in [5.74, 6) is -3.48. The minimum absolute atomic E-state index is 0.0311. The van der Waals surface area contributed by atoms with Crippen LogP contribution in [0.15, 0.2) is 72.8 Å². The maximum atomic E-state index is 13.7. The number of hydrogen-bond donors (Lipinski definition) is 1. The van der Waals surface area contributed by atoms with Gasteiger partial charge in [0.1, 0.15) is 34.3 Å². The molecule has 0 bridgehead atoms. The Bertz CT molecular complexity index is 1740. The van der Waals surface area contributed by atoms with Crippen LogP contribution in [0.5, 0.6) is 5.75 Å². The zero-order chi connectivity index (χ0) is 37.7. The molecular weight excluding hydrogens is 680 g/mol. The lowest BCUT2D eigenvalue weighted by Gasteiger charge is -2.47. The summed E-state index contributed by atoms with van der Waals surface area (Å²) in [7, 11) is 0. The number of carbonyl (C=O) groups is 5. The van der Waals surface area contributed by atoms with Crippen LogP contribution in [0, 0.1) is 17.0 Å². The van der Waals surface area contributed by atoms with Crippen LogP contribution in [0.4, 0.5) is 14.5 Å². The van der Waals surface area contributed by atoms with Crippen LogP contribution >= 0.6 is 11.8 Å². The molecule has 0 radical (unpaired) electrons. The second-order valence-electron chi connectivity index (χ2n) is 14.3. The first-order chi connectivity index (χ1) is 23.9. The van der Waals surface area contributed by atoms with E-state index in [1.54, 1.807) is 45.0 Å². The molecule has 0 unspecified atom stereocenters. The summed E-state index contributed by atoms with van der Waals surface area (Å²) >= 11 is 1.15. The largest absolute Gasteiger partial charge is 0.484 e. The lowest BCUT2D eigenvalue weighted by Crippen LogP contribution is -2.57. The molecule has 0 spiro atoms. The summed E-state index contributed by atoms with van der Waals surface area (Å²) in [5.41, 5.74) is 5.80. The molecule has 3 aromatic rings. The average Bonchev–Trinajstić information content (AvgIpc) is 3.05. The highest BCUT2D eigenvalue weighted by molar-refractivity contribution is 8.01. The van der Waals surface area contributed by atoms with Crippen molar-refractivity contribution in [2.75, 3.05) is 23.8 Å². The zero-order valence-electron chi connectivity index (χ0n) is 29.5. The van der Waals surface area contributed by atoms with Gasteiger partial charge in [0.15, 0.2) is 12.4 Å². The second kappa shape index (κ2) is 16.2. The molecule has 1 saturated heterocycles. The minimum atomic E-state index is -1.23. The zero-order valence-corrected chi connectivity index (χ0v) is 30.3. The highest BCUT2D eigenvalue weighted by Crippen LogP contribution is 2.45. The van der Waals surface area contributed by atoms with Crippen LogP contribution in [0.3, 0.4) is 0 Å². The molecule has 1 aliphatic heterocycles. The number of Topliss-reactive ketones (excluding diaryl/α,β-unsaturated/α-hetero) is 1. The number of benzene rings is 3. The lowest BCUT2D eigenvalue weighted by molar-refractivity contribution is -0.170. The van der Waals surface area contributed by atoms with Gasteiger partial charge in [-0.3, -0.25) is 24.1 Å². The summed E-state index contributed by atoms with van der Waals surface area (Å²) in [4.78, 5) is 68.2. The van der Waals surface area contributed by atoms with E-state index >= 15 is 0 Å². The van der Waals surface area contributed by atoms with E-state index in [2.05, 4.69) is 0 Å². The molecule has 10 nitrogen and oxygen atoms in total. The number of nitrogens with two attached hydrogens (primary N) is 1. The minimum Gasteiger partial charge on any atom is -0.484 e. The monoisotopic (exact) mass is 723 g/mol. The van der Waals surface area contributed by atoms with E-state index in [4.69, 9.17) is 15.2 Å². The smallest absolute Gasteiger partial charge is 0.329 e. The number of imide groups is 1. The predicted molar refractivity (Wildman–Crippen MR) is 190 cm³/mol. The third-order valence-corrected chi connectivity index (χ3v) is 9.05. The van der Waals surface area contributed by atoms with Gasteiger partial charge in [-0.05, 0) is 98.8 Å². The van der Waals surface area contributed by atoms with Gasteiger partial charge in [-0.15, -0.1) is 11.8 Å². The van der Waals surface area contributed by atoms with E-state index in [9.17, 15) is 32.8 Å². The molecule has 0 saturated carbocycles. The molecule has 3 atom stereocenters. The Kier molecular flexibility index (Phi) is 12.4. The topological polar surface area (TPSA) is 136 Å². The molecule has 1 aliphatic rings. The quantitative estimate of drug-likeness (QED) is 0.130. The van der Waals surface area contributed by atoms with E-state index in [0.717, 1.165) is 16.7 Å². The van der Waals surface area contributed by atoms with Gasteiger partial charge < -0.3 is 20.1 Å². The number of carbonyl (C=O) groups excluding carboxylic acids is 5. The number of nitrogens with zero attached hydrogens (tertiary/aromatic N) is 2. The molecule has 3 aromatic carbocycles. The van der Waals surface area contributed by atoms with Crippen molar-refractivity contribution in [1.29, 1.82) is 0 Å². The number of anilines is 1. The molecule has 1 fully saturated rings. The van der Waals surface area contributed by atoms with Crippen molar-refractivity contribution in [3.05, 3.63) is 95.6 Å². The van der Waals surface area contributed by atoms with Crippen molar-refractivity contribution in [3.8, 4) is 5.75 Å². The lowest BCUT2D eigenvalue weighted by atomic mass is 9.87. The fourth-order valence-electron chi connectivity index (χ4n) is 5.51. The summed E-state index contributed by atoms with van der Waals surface area (Å²) in [6.07, 6.45) is 0.132. The molecular formula is C38H43F2N3O7S. The van der Waals surface area contributed by atoms with Crippen LogP contribution in [0.1, 0.15) is 69.9 Å². The number of esters is 1. The number of halogens is 2. The van der Waals surface area contributed by atoms with Crippen LogP contribution in [0.25, 0.3) is 0 Å². The number of amides is 3. The molecule has 13 heteroatoms. The number of β-lactam (4-membered cyclic amide) rings is 1. The van der Waals surface area contributed by atoms with Crippen molar-refractivity contribution >= 4 is 46.9 Å². The van der Waals surface area contributed by atoms with Gasteiger partial charge >= 0.3 is 5.97 Å². The van der Waals surface area contributed by atoms with Gasteiger partial charge in [0.25, 0.3) is 5.91 Å². The number of ketones is 1. The fourth-order valence-corrected chi connectivity index (χ4v) is 6.73. The Morgan fingerprint density at radius 3 is 1.96 bits per heavy atom. The predicted octanol–water partition coefficient (Wildman–Crippen LogP) is 5.88. The van der Waals surface area contributed by atoms with Gasteiger partial charge in [-0.25, -0.2) is 13.6 Å². The van der Waals surface area contributed by atoms with Gasteiger partial charge in [0.05, 0.1) is 18.3 Å². The van der Waals surface area contributed by atoms with Crippen molar-refractivity contribution in [2.45, 2.75) is 70.9 Å². The Balaban J connectivity index is 1.52. The van der Waals surface area contributed by atoms with E-state index < -0.39 is 70.9 Å². The first-order valence-corrected chi connectivity index (χ1v) is 17.4. The normalized spacial score (nSPS) is 16.6. The van der Waals surface area contributed by atoms with Gasteiger partial charge in [-0.2, -0.15) is 0 Å². The van der Waals surface area contributed by atoms with E-state index in [0.29, 0.717) is 16.8 Å². The van der Waals surface area contributed by atoms with E-state index in [1.807, 2.05) is 20.8 Å². The molecule has 1 heterocycles. The third-order valence-electron chi connectivity index (χ3n) is 7.80. The molecule has 4 rings (SSSR count). The Hall–Kier alpha value is -4.62. The number of ether oxygens (including phenoxy) is 2. The first kappa shape index (κ1) is 39.2. The Morgan fingerprint density at radius 2 is 1.43 bits per heavy atom. The van der Waals surface area contributed by atoms with E-state index in [1.165, 1.54) is 53.4 Å². The van der Waals surface area contributed by atoms with Crippen molar-refractivity contribution in [1.82, 2.24) is 4.90 Å². The van der Waals surface area contributed by atoms with Crippen molar-refractivity contribution < 1.29 is 42.2 Å². The third kappa shape index (κ3) is 10.2. The van der Waals surface area contributed by atoms with Gasteiger partial charge in [0.2, 0.25) is 11.8 Å². The SMILES string of the molecule is CC(C)(C)C[C@@H](C(=O)OC(C)(C)C)N(C(=O)CN)C(=O)COc1ccc([C@@H]2[C@@H](SCC(=O)c3ccc(F)cc3)C(=O)N2c2ccc(F)cc2)cc1. The maximum absolute atomic E-state index is 13.7. The highest BCUT2D eigenvalue weighted by atomic mass is 32.2. The summed E-state index contributed by atoms with van der Waals surface area (Å²) in [5, 5.41) is -0.656. The van der Waals surface area contributed by atoms with E-state index in [-0.39, 0.29) is 29.6 Å². The molecule has 51 heavy (non-hydrogen) atoms. The summed E-state index contributed by atoms with van der Waals surface area (Å²) < 4.78 is 38.4. The first-order valence-electron chi connectivity index (χ1n) is 16.4. The second-order valence-corrected chi connectivity index (χ2v) is 15.5. The van der Waals surface area contributed by atoms with Crippen molar-refractivity contribution in [2.24, 2.45) is 11.1 Å².